The standard InChI is InChI=1S/C19H23N3O3S/c1-3-25-18(24)14-8-6-10-22(11-14)17(23)16-12-26-19(21-16)20-15-9-5-4-7-13(15)2/h4-5,7,9,12,14H,3,6,8,10-11H2,1-2H3,(H,20,21)/t14-/m0/s1. The average molecular weight is 373 g/mol. The van der Waals surface area contributed by atoms with E-state index in [2.05, 4.69) is 10.3 Å². The van der Waals surface area contributed by atoms with Gasteiger partial charge in [0.15, 0.2) is 5.13 Å². The van der Waals surface area contributed by atoms with Gasteiger partial charge in [-0.2, -0.15) is 0 Å². The summed E-state index contributed by atoms with van der Waals surface area (Å²) < 4.78 is 5.10. The molecule has 138 valence electrons. The fraction of sp³-hybridized carbons (Fsp3) is 0.421. The first kappa shape index (κ1) is 18.4. The Morgan fingerprint density at radius 2 is 2.19 bits per heavy atom. The van der Waals surface area contributed by atoms with E-state index < -0.39 is 0 Å². The Morgan fingerprint density at radius 3 is 2.96 bits per heavy atom. The van der Waals surface area contributed by atoms with Crippen LogP contribution >= 0.6 is 11.3 Å². The highest BCUT2D eigenvalue weighted by Gasteiger charge is 2.30. The lowest BCUT2D eigenvalue weighted by molar-refractivity contribution is -0.149. The summed E-state index contributed by atoms with van der Waals surface area (Å²) in [5.74, 6) is -0.589. The van der Waals surface area contributed by atoms with Gasteiger partial charge in [-0.05, 0) is 38.3 Å². The lowest BCUT2D eigenvalue weighted by Gasteiger charge is -2.31. The Kier molecular flexibility index (Phi) is 5.88. The number of aromatic nitrogens is 1. The van der Waals surface area contributed by atoms with Crippen LogP contribution in [0.15, 0.2) is 29.6 Å². The van der Waals surface area contributed by atoms with E-state index in [-0.39, 0.29) is 17.8 Å². The molecule has 6 nitrogen and oxygen atoms in total. The predicted molar refractivity (Wildman–Crippen MR) is 102 cm³/mol. The van der Waals surface area contributed by atoms with E-state index in [1.165, 1.54) is 11.3 Å². The maximum absolute atomic E-state index is 12.7. The molecule has 1 aromatic carbocycles. The summed E-state index contributed by atoms with van der Waals surface area (Å²) in [6, 6.07) is 7.93. The molecular formula is C19H23N3O3S. The Labute approximate surface area is 157 Å². The van der Waals surface area contributed by atoms with Crippen LogP contribution in [0, 0.1) is 12.8 Å². The number of hydrogen-bond donors (Lipinski definition) is 1. The summed E-state index contributed by atoms with van der Waals surface area (Å²) in [6.45, 7) is 5.22. The van der Waals surface area contributed by atoms with Gasteiger partial charge in [0.1, 0.15) is 5.69 Å². The van der Waals surface area contributed by atoms with Crippen molar-refractivity contribution in [2.45, 2.75) is 26.7 Å². The molecule has 1 N–H and O–H groups in total. The molecule has 1 atom stereocenters. The van der Waals surface area contributed by atoms with Crippen LogP contribution in [0.4, 0.5) is 10.8 Å². The molecule has 7 heteroatoms. The average Bonchev–Trinajstić information content (AvgIpc) is 3.12. The first-order valence-corrected chi connectivity index (χ1v) is 9.70. The van der Waals surface area contributed by atoms with Crippen molar-refractivity contribution in [1.82, 2.24) is 9.88 Å². The van der Waals surface area contributed by atoms with Crippen molar-refractivity contribution in [2.75, 3.05) is 25.0 Å². The monoisotopic (exact) mass is 373 g/mol. The van der Waals surface area contributed by atoms with Gasteiger partial charge in [0.05, 0.1) is 12.5 Å². The van der Waals surface area contributed by atoms with Crippen LogP contribution in [-0.2, 0) is 9.53 Å². The number of benzene rings is 1. The molecule has 0 spiro atoms. The summed E-state index contributed by atoms with van der Waals surface area (Å²) in [4.78, 5) is 30.8. The van der Waals surface area contributed by atoms with Gasteiger partial charge >= 0.3 is 5.97 Å². The van der Waals surface area contributed by atoms with Crippen molar-refractivity contribution >= 4 is 34.0 Å². The van der Waals surface area contributed by atoms with Gasteiger partial charge in [0, 0.05) is 24.2 Å². The van der Waals surface area contributed by atoms with Gasteiger partial charge in [0.25, 0.3) is 5.91 Å². The molecule has 0 bridgehead atoms. The van der Waals surface area contributed by atoms with E-state index in [9.17, 15) is 9.59 Å². The highest BCUT2D eigenvalue weighted by molar-refractivity contribution is 7.14. The first-order chi connectivity index (χ1) is 12.6. The van der Waals surface area contributed by atoms with Crippen molar-refractivity contribution in [1.29, 1.82) is 0 Å². The number of esters is 1. The largest absolute Gasteiger partial charge is 0.466 e. The van der Waals surface area contributed by atoms with Crippen molar-refractivity contribution in [3.8, 4) is 0 Å². The molecule has 1 aromatic heterocycles. The molecule has 2 heterocycles. The highest BCUT2D eigenvalue weighted by atomic mass is 32.1. The van der Waals surface area contributed by atoms with Crippen molar-refractivity contribution in [2.24, 2.45) is 5.92 Å². The zero-order chi connectivity index (χ0) is 18.5. The number of carbonyl (C=O) groups is 2. The Hall–Kier alpha value is -2.41. The third kappa shape index (κ3) is 4.22. The topological polar surface area (TPSA) is 71.5 Å². The Bertz CT molecular complexity index is 790. The fourth-order valence-electron chi connectivity index (χ4n) is 3.03. The summed E-state index contributed by atoms with van der Waals surface area (Å²) >= 11 is 1.40. The van der Waals surface area contributed by atoms with Gasteiger partial charge < -0.3 is 15.0 Å². The number of amides is 1. The zero-order valence-corrected chi connectivity index (χ0v) is 15.8. The molecule has 2 aromatic rings. The van der Waals surface area contributed by atoms with Crippen LogP contribution in [0.25, 0.3) is 0 Å². The first-order valence-electron chi connectivity index (χ1n) is 8.82. The van der Waals surface area contributed by atoms with E-state index >= 15 is 0 Å². The van der Waals surface area contributed by atoms with Gasteiger partial charge in [0.2, 0.25) is 0 Å². The van der Waals surface area contributed by atoms with Gasteiger partial charge in [-0.25, -0.2) is 4.98 Å². The molecule has 26 heavy (non-hydrogen) atoms. The van der Waals surface area contributed by atoms with Crippen molar-refractivity contribution < 1.29 is 14.3 Å². The number of ether oxygens (including phenoxy) is 1. The normalized spacial score (nSPS) is 17.0. The third-order valence-electron chi connectivity index (χ3n) is 4.44. The summed E-state index contributed by atoms with van der Waals surface area (Å²) in [6.07, 6.45) is 1.56. The number of piperidine rings is 1. The minimum absolute atomic E-state index is 0.131. The number of carbonyl (C=O) groups excluding carboxylic acids is 2. The summed E-state index contributed by atoms with van der Waals surface area (Å²) in [7, 11) is 0. The van der Waals surface area contributed by atoms with E-state index in [1.807, 2.05) is 31.2 Å². The maximum Gasteiger partial charge on any atom is 0.310 e. The lowest BCUT2D eigenvalue weighted by Crippen LogP contribution is -2.42. The SMILES string of the molecule is CCOC(=O)[C@H]1CCCN(C(=O)c2csc(Nc3ccccc3C)n2)C1. The van der Waals surface area contributed by atoms with Crippen LogP contribution in [-0.4, -0.2) is 41.5 Å². The number of aryl methyl sites for hydroxylation is 1. The minimum atomic E-state index is -0.240. The number of nitrogens with one attached hydrogen (secondary N) is 1. The van der Waals surface area contributed by atoms with Gasteiger partial charge in [-0.15, -0.1) is 11.3 Å². The summed E-state index contributed by atoms with van der Waals surface area (Å²) in [5, 5.41) is 5.70. The number of hydrogen-bond acceptors (Lipinski definition) is 6. The molecular weight excluding hydrogens is 350 g/mol. The molecule has 1 aliphatic heterocycles. The second-order valence-electron chi connectivity index (χ2n) is 6.32. The summed E-state index contributed by atoms with van der Waals surface area (Å²) in [5.41, 5.74) is 2.50. The molecule has 1 aliphatic rings. The maximum atomic E-state index is 12.7. The van der Waals surface area contributed by atoms with Crippen LogP contribution in [0.3, 0.4) is 0 Å². The molecule has 0 unspecified atom stereocenters. The number of nitrogens with zero attached hydrogens (tertiary/aromatic N) is 2. The number of likely N-dealkylation sites (tertiary alicyclic amines) is 1. The zero-order valence-electron chi connectivity index (χ0n) is 15.0. The molecule has 0 saturated carbocycles. The van der Waals surface area contributed by atoms with E-state index in [1.54, 1.807) is 17.2 Å². The molecule has 0 radical (unpaired) electrons. The van der Waals surface area contributed by atoms with Crippen LogP contribution < -0.4 is 5.32 Å². The van der Waals surface area contributed by atoms with Crippen molar-refractivity contribution in [3.63, 3.8) is 0 Å². The minimum Gasteiger partial charge on any atom is -0.466 e. The Morgan fingerprint density at radius 1 is 1.38 bits per heavy atom. The van der Waals surface area contributed by atoms with Gasteiger partial charge in [-0.1, -0.05) is 18.2 Å². The molecule has 3 rings (SSSR count). The molecule has 1 amide bonds. The highest BCUT2D eigenvalue weighted by Crippen LogP contribution is 2.25. The Balaban J connectivity index is 1.66. The number of rotatable bonds is 5. The third-order valence-corrected chi connectivity index (χ3v) is 5.20. The van der Waals surface area contributed by atoms with Crippen LogP contribution in [0.2, 0.25) is 0 Å². The number of para-hydroxylation sites is 1. The molecule has 1 fully saturated rings. The smallest absolute Gasteiger partial charge is 0.310 e. The van der Waals surface area contributed by atoms with E-state index in [4.69, 9.17) is 4.74 Å². The van der Waals surface area contributed by atoms with E-state index in [0.29, 0.717) is 30.5 Å². The van der Waals surface area contributed by atoms with Crippen LogP contribution in [0.5, 0.6) is 0 Å². The molecule has 0 aliphatic carbocycles. The van der Waals surface area contributed by atoms with Crippen molar-refractivity contribution in [3.05, 3.63) is 40.9 Å². The number of anilines is 2. The number of thiazole rings is 1. The van der Waals surface area contributed by atoms with E-state index in [0.717, 1.165) is 24.1 Å². The van der Waals surface area contributed by atoms with Gasteiger partial charge in [-0.3, -0.25) is 9.59 Å². The van der Waals surface area contributed by atoms with Crippen LogP contribution in [0.1, 0.15) is 35.8 Å². The second-order valence-corrected chi connectivity index (χ2v) is 7.18. The fourth-order valence-corrected chi connectivity index (χ4v) is 3.73. The molecule has 1 saturated heterocycles. The lowest BCUT2D eigenvalue weighted by atomic mass is 9.98. The quantitative estimate of drug-likeness (QED) is 0.811. The predicted octanol–water partition coefficient (Wildman–Crippen LogP) is 3.61. The second kappa shape index (κ2) is 8.31.